The largest absolute Gasteiger partial charge is 0.494 e. The lowest BCUT2D eigenvalue weighted by Crippen LogP contribution is -2.32. The molecule has 7 nitrogen and oxygen atoms in total. The van der Waals surface area contributed by atoms with Crippen LogP contribution in [-0.4, -0.2) is 35.4 Å². The van der Waals surface area contributed by atoms with Gasteiger partial charge in [-0.15, -0.1) is 0 Å². The van der Waals surface area contributed by atoms with Gasteiger partial charge in [-0.3, -0.25) is 9.59 Å². The van der Waals surface area contributed by atoms with E-state index in [0.717, 1.165) is 18.9 Å². The Morgan fingerprint density at radius 1 is 1.07 bits per heavy atom. The fourth-order valence-corrected chi connectivity index (χ4v) is 6.31. The number of hydrogen-bond donors (Lipinski definition) is 2. The van der Waals surface area contributed by atoms with Gasteiger partial charge in [-0.1, -0.05) is 25.4 Å². The van der Waals surface area contributed by atoms with E-state index in [9.17, 15) is 14.0 Å². The predicted molar refractivity (Wildman–Crippen MR) is 170 cm³/mol. The molecule has 2 amide bonds. The molecule has 2 heterocycles. The van der Waals surface area contributed by atoms with Crippen LogP contribution < -0.4 is 15.8 Å². The number of nitrogens with two attached hydrogens (primary N) is 1. The number of primary amides is 1. The molecular formula is C35H34ClF3N4O3. The molecule has 2 fully saturated rings. The van der Waals surface area contributed by atoms with Crippen LogP contribution >= 0.6 is 11.6 Å². The highest BCUT2D eigenvalue weighted by atomic mass is 35.5. The Balaban J connectivity index is 1.39. The van der Waals surface area contributed by atoms with Crippen LogP contribution in [0, 0.1) is 30.3 Å². The van der Waals surface area contributed by atoms with Gasteiger partial charge in [0, 0.05) is 46.3 Å². The molecule has 0 radical (unpaired) electrons. The zero-order valence-electron chi connectivity index (χ0n) is 25.9. The summed E-state index contributed by atoms with van der Waals surface area (Å²) in [5.41, 5.74) is 6.20. The van der Waals surface area contributed by atoms with Gasteiger partial charge in [0.15, 0.2) is 5.82 Å². The Hall–Kier alpha value is -4.18. The van der Waals surface area contributed by atoms with Gasteiger partial charge < -0.3 is 15.8 Å². The topological polar surface area (TPSA) is 107 Å². The first-order chi connectivity index (χ1) is 21.8. The van der Waals surface area contributed by atoms with Crippen molar-refractivity contribution in [2.45, 2.75) is 63.7 Å². The van der Waals surface area contributed by atoms with E-state index >= 15 is 8.78 Å². The third-order valence-corrected chi connectivity index (χ3v) is 9.61. The number of benzene rings is 2. The molecule has 2 aromatic heterocycles. The monoisotopic (exact) mass is 650 g/mol. The summed E-state index contributed by atoms with van der Waals surface area (Å²) in [7, 11) is 1.49. The van der Waals surface area contributed by atoms with Crippen LogP contribution in [0.2, 0.25) is 5.02 Å². The molecule has 0 saturated heterocycles. The van der Waals surface area contributed by atoms with E-state index in [1.54, 1.807) is 39.0 Å². The second-order valence-electron chi connectivity index (χ2n) is 12.7. The Kier molecular flexibility index (Phi) is 8.21. The number of methoxy groups -OCH3 is 1. The van der Waals surface area contributed by atoms with Gasteiger partial charge in [0.25, 0.3) is 5.91 Å². The van der Waals surface area contributed by atoms with Crippen molar-refractivity contribution in [3.8, 4) is 17.0 Å². The lowest BCUT2D eigenvalue weighted by molar-refractivity contribution is -0.120. The van der Waals surface area contributed by atoms with Gasteiger partial charge in [0.1, 0.15) is 28.6 Å². The fourth-order valence-electron chi connectivity index (χ4n) is 6.15. The van der Waals surface area contributed by atoms with Crippen molar-refractivity contribution in [3.05, 3.63) is 87.0 Å². The number of hydrogen-bond acceptors (Lipinski definition) is 5. The number of halogens is 4. The molecule has 11 heteroatoms. The zero-order chi connectivity index (χ0) is 33.1. The minimum Gasteiger partial charge on any atom is -0.494 e. The smallest absolute Gasteiger partial charge is 0.251 e. The van der Waals surface area contributed by atoms with Crippen LogP contribution in [0.4, 0.5) is 13.2 Å². The van der Waals surface area contributed by atoms with Gasteiger partial charge in [-0.25, -0.2) is 23.1 Å². The average Bonchev–Trinajstić information content (AvgIpc) is 3.93. The molecule has 1 atom stereocenters. The first-order valence-electron chi connectivity index (χ1n) is 15.3. The molecule has 46 heavy (non-hydrogen) atoms. The van der Waals surface area contributed by atoms with Crippen molar-refractivity contribution in [2.75, 3.05) is 13.7 Å². The molecule has 1 unspecified atom stereocenters. The third kappa shape index (κ3) is 5.68. The molecule has 6 rings (SSSR count). The van der Waals surface area contributed by atoms with Gasteiger partial charge in [-0.2, -0.15) is 0 Å². The molecule has 2 aromatic carbocycles. The van der Waals surface area contributed by atoms with Crippen LogP contribution in [0.15, 0.2) is 36.4 Å². The molecule has 0 bridgehead atoms. The van der Waals surface area contributed by atoms with E-state index in [1.807, 2.05) is 0 Å². The van der Waals surface area contributed by atoms with E-state index in [1.165, 1.54) is 19.2 Å². The van der Waals surface area contributed by atoms with Crippen LogP contribution in [0.5, 0.6) is 5.75 Å². The number of rotatable bonds is 10. The number of carbonyl (C=O) groups is 2. The van der Waals surface area contributed by atoms with Crippen molar-refractivity contribution in [1.82, 2.24) is 15.3 Å². The van der Waals surface area contributed by atoms with Crippen molar-refractivity contribution in [1.29, 1.82) is 0 Å². The second-order valence-corrected chi connectivity index (χ2v) is 13.1. The molecule has 2 aliphatic rings. The van der Waals surface area contributed by atoms with Crippen LogP contribution in [0.1, 0.15) is 84.2 Å². The maximum absolute atomic E-state index is 16.3. The van der Waals surface area contributed by atoms with E-state index in [0.29, 0.717) is 51.5 Å². The minimum absolute atomic E-state index is 0.0470. The molecular weight excluding hydrogens is 617 g/mol. The van der Waals surface area contributed by atoms with Crippen molar-refractivity contribution in [2.24, 2.45) is 11.7 Å². The van der Waals surface area contributed by atoms with Gasteiger partial charge in [0.2, 0.25) is 5.91 Å². The zero-order valence-corrected chi connectivity index (χ0v) is 26.7. The first kappa shape index (κ1) is 31.8. The van der Waals surface area contributed by atoms with Gasteiger partial charge in [-0.05, 0) is 80.3 Å². The molecule has 2 aliphatic carbocycles. The lowest BCUT2D eigenvalue weighted by atomic mass is 9.88. The number of pyridine rings is 2. The van der Waals surface area contributed by atoms with Gasteiger partial charge >= 0.3 is 0 Å². The molecule has 0 aliphatic heterocycles. The van der Waals surface area contributed by atoms with E-state index < -0.39 is 28.8 Å². The Labute approximate surface area is 269 Å². The van der Waals surface area contributed by atoms with Crippen molar-refractivity contribution >= 4 is 34.3 Å². The Bertz CT molecular complexity index is 1910. The summed E-state index contributed by atoms with van der Waals surface area (Å²) < 4.78 is 51.7. The van der Waals surface area contributed by atoms with Gasteiger partial charge in [0.05, 0.1) is 23.2 Å². The average molecular weight is 651 g/mol. The number of fused-ring (bicyclic) bond motifs is 1. The van der Waals surface area contributed by atoms with E-state index in [2.05, 4.69) is 15.3 Å². The maximum Gasteiger partial charge on any atom is 0.251 e. The van der Waals surface area contributed by atoms with Crippen LogP contribution in [0.25, 0.3) is 22.2 Å². The summed E-state index contributed by atoms with van der Waals surface area (Å²) in [6.07, 6.45) is 2.39. The molecule has 3 N–H and O–H groups in total. The van der Waals surface area contributed by atoms with Crippen LogP contribution in [0.3, 0.4) is 0 Å². The van der Waals surface area contributed by atoms with E-state index in [-0.39, 0.29) is 52.6 Å². The SMILES string of the molecule is COc1cc(C(=O)NCC(c2cc(C3(C(N)=O)CC3)c(F)c(-c3cc(C(C)C)c(F)cc3F)n2)C2CC2)cc2cc(Cl)c(C)nc12. The highest BCUT2D eigenvalue weighted by molar-refractivity contribution is 6.31. The molecule has 2 saturated carbocycles. The normalized spacial score (nSPS) is 16.0. The molecule has 240 valence electrons. The quantitative estimate of drug-likeness (QED) is 0.188. The van der Waals surface area contributed by atoms with E-state index in [4.69, 9.17) is 22.1 Å². The lowest BCUT2D eigenvalue weighted by Gasteiger charge is -2.22. The first-order valence-corrected chi connectivity index (χ1v) is 15.7. The highest BCUT2D eigenvalue weighted by Gasteiger charge is 2.52. The summed E-state index contributed by atoms with van der Waals surface area (Å²) in [4.78, 5) is 35.1. The second kappa shape index (κ2) is 11.9. The maximum atomic E-state index is 16.3. The Morgan fingerprint density at radius 3 is 2.39 bits per heavy atom. The number of nitrogens with one attached hydrogen (secondary N) is 1. The number of aryl methyl sites for hydroxylation is 1. The molecule has 0 spiro atoms. The highest BCUT2D eigenvalue weighted by Crippen LogP contribution is 2.51. The van der Waals surface area contributed by atoms with Crippen LogP contribution in [-0.2, 0) is 10.2 Å². The number of amides is 2. The minimum atomic E-state index is -1.24. The summed E-state index contributed by atoms with van der Waals surface area (Å²) in [5.74, 6) is -3.76. The molecule has 4 aromatic rings. The Morgan fingerprint density at radius 2 is 1.78 bits per heavy atom. The third-order valence-electron chi connectivity index (χ3n) is 9.23. The summed E-state index contributed by atoms with van der Waals surface area (Å²) in [6, 6.07) is 8.55. The standard InChI is InChI=1S/C35H34ClF3N4O3/c1-16(2)21-12-22(27(38)14-26(21)37)32-30(39)24(35(7-8-35)34(40)45)13-28(43-32)23(18-5-6-18)15-41-33(44)20-9-19-10-25(36)17(3)42-31(19)29(11-20)46-4/h9-14,16,18,23H,5-8,15H2,1-4H3,(H2,40,45)(H,41,44). The number of aromatic nitrogens is 2. The van der Waals surface area contributed by atoms with Crippen molar-refractivity contribution in [3.63, 3.8) is 0 Å². The number of nitrogens with zero attached hydrogens (tertiary/aromatic N) is 2. The van der Waals surface area contributed by atoms with Crippen molar-refractivity contribution < 1.29 is 27.5 Å². The fraction of sp³-hybridized carbons (Fsp3) is 0.371. The number of ether oxygens (including phenoxy) is 1. The predicted octanol–water partition coefficient (Wildman–Crippen LogP) is 7.25. The summed E-state index contributed by atoms with van der Waals surface area (Å²) in [6.45, 7) is 5.42. The number of carbonyl (C=O) groups excluding carboxylic acids is 2. The summed E-state index contributed by atoms with van der Waals surface area (Å²) in [5, 5.41) is 4.07. The summed E-state index contributed by atoms with van der Waals surface area (Å²) >= 11 is 6.30.